The Kier molecular flexibility index (Phi) is 7.70. The molecule has 0 radical (unpaired) electrons. The number of thiazole rings is 1. The van der Waals surface area contributed by atoms with Crippen LogP contribution in [0.25, 0.3) is 0 Å². The minimum atomic E-state index is -0.151. The van der Waals surface area contributed by atoms with Crippen LogP contribution in [0.4, 0.5) is 0 Å². The molecule has 1 amide bonds. The predicted octanol–water partition coefficient (Wildman–Crippen LogP) is 4.78. The molecule has 3 rings (SSSR count). The number of amides is 1. The van der Waals surface area contributed by atoms with Crippen LogP contribution in [-0.2, 0) is 13.0 Å². The fourth-order valence-electron chi connectivity index (χ4n) is 2.86. The Labute approximate surface area is 188 Å². The van der Waals surface area contributed by atoms with Crippen molar-refractivity contribution in [3.8, 4) is 17.2 Å². The third-order valence-corrected chi connectivity index (χ3v) is 5.94. The number of halogens is 1. The van der Waals surface area contributed by atoms with Gasteiger partial charge in [-0.1, -0.05) is 22.0 Å². The highest BCUT2D eigenvalue weighted by molar-refractivity contribution is 9.10. The SMILES string of the molecule is COc1cc(Br)c(CCNC(=O)c2cccc(OCc3csc(C)n3)c2)cc1OC. The van der Waals surface area contributed by atoms with Crippen molar-refractivity contribution in [2.75, 3.05) is 20.8 Å². The Morgan fingerprint density at radius 1 is 1.17 bits per heavy atom. The topological polar surface area (TPSA) is 69.7 Å². The molecule has 0 atom stereocenters. The van der Waals surface area contributed by atoms with Gasteiger partial charge in [0.2, 0.25) is 0 Å². The van der Waals surface area contributed by atoms with Crippen molar-refractivity contribution < 1.29 is 19.0 Å². The zero-order valence-electron chi connectivity index (χ0n) is 17.0. The average Bonchev–Trinajstić information content (AvgIpc) is 3.18. The first-order valence-electron chi connectivity index (χ1n) is 9.32. The van der Waals surface area contributed by atoms with Crippen molar-refractivity contribution in [3.05, 3.63) is 68.1 Å². The molecule has 0 fully saturated rings. The lowest BCUT2D eigenvalue weighted by Gasteiger charge is -2.12. The highest BCUT2D eigenvalue weighted by atomic mass is 79.9. The number of benzene rings is 2. The number of aryl methyl sites for hydroxylation is 1. The van der Waals surface area contributed by atoms with E-state index in [1.54, 1.807) is 37.7 Å². The largest absolute Gasteiger partial charge is 0.493 e. The van der Waals surface area contributed by atoms with Gasteiger partial charge in [0.1, 0.15) is 12.4 Å². The van der Waals surface area contributed by atoms with Crippen LogP contribution in [0.2, 0.25) is 0 Å². The van der Waals surface area contributed by atoms with Gasteiger partial charge in [0.05, 0.1) is 24.9 Å². The molecule has 6 nitrogen and oxygen atoms in total. The van der Waals surface area contributed by atoms with Crippen molar-refractivity contribution >= 4 is 33.2 Å². The summed E-state index contributed by atoms with van der Waals surface area (Å²) >= 11 is 5.13. The summed E-state index contributed by atoms with van der Waals surface area (Å²) in [5.74, 6) is 1.79. The molecule has 1 N–H and O–H groups in total. The molecule has 8 heteroatoms. The van der Waals surface area contributed by atoms with E-state index in [1.165, 1.54) is 0 Å². The summed E-state index contributed by atoms with van der Waals surface area (Å²) < 4.78 is 17.3. The van der Waals surface area contributed by atoms with Gasteiger partial charge in [-0.15, -0.1) is 11.3 Å². The van der Waals surface area contributed by atoms with E-state index >= 15 is 0 Å². The Balaban J connectivity index is 1.56. The van der Waals surface area contributed by atoms with Crippen LogP contribution < -0.4 is 19.5 Å². The molecule has 0 aliphatic carbocycles. The highest BCUT2D eigenvalue weighted by Gasteiger charge is 2.11. The lowest BCUT2D eigenvalue weighted by atomic mass is 10.1. The van der Waals surface area contributed by atoms with E-state index in [0.29, 0.717) is 42.4 Å². The van der Waals surface area contributed by atoms with E-state index in [1.807, 2.05) is 36.6 Å². The van der Waals surface area contributed by atoms with Gasteiger partial charge in [-0.05, 0) is 49.2 Å². The first-order valence-corrected chi connectivity index (χ1v) is 11.0. The maximum atomic E-state index is 12.5. The number of carbonyl (C=O) groups excluding carboxylic acids is 1. The summed E-state index contributed by atoms with van der Waals surface area (Å²) in [6.07, 6.45) is 0.645. The lowest BCUT2D eigenvalue weighted by Crippen LogP contribution is -2.25. The number of aromatic nitrogens is 1. The molecular formula is C22H23BrN2O4S. The van der Waals surface area contributed by atoms with Crippen LogP contribution in [0, 0.1) is 6.92 Å². The van der Waals surface area contributed by atoms with E-state index in [9.17, 15) is 4.79 Å². The van der Waals surface area contributed by atoms with Crippen LogP contribution >= 0.6 is 27.3 Å². The Morgan fingerprint density at radius 2 is 1.93 bits per heavy atom. The molecular weight excluding hydrogens is 468 g/mol. The third-order valence-electron chi connectivity index (χ3n) is 4.38. The first kappa shape index (κ1) is 22.1. The van der Waals surface area contributed by atoms with Gasteiger partial charge in [-0.3, -0.25) is 4.79 Å². The van der Waals surface area contributed by atoms with Crippen molar-refractivity contribution in [2.24, 2.45) is 0 Å². The fourth-order valence-corrected chi connectivity index (χ4v) is 3.98. The minimum Gasteiger partial charge on any atom is -0.493 e. The van der Waals surface area contributed by atoms with Crippen LogP contribution in [0.15, 0.2) is 46.3 Å². The van der Waals surface area contributed by atoms with E-state index in [0.717, 1.165) is 20.7 Å². The molecule has 2 aromatic carbocycles. The van der Waals surface area contributed by atoms with E-state index < -0.39 is 0 Å². The molecule has 0 aliphatic heterocycles. The zero-order chi connectivity index (χ0) is 21.5. The molecule has 3 aromatic rings. The second-order valence-corrected chi connectivity index (χ2v) is 8.40. The second-order valence-electron chi connectivity index (χ2n) is 6.48. The average molecular weight is 491 g/mol. The smallest absolute Gasteiger partial charge is 0.251 e. The minimum absolute atomic E-state index is 0.151. The van der Waals surface area contributed by atoms with Crippen LogP contribution in [0.3, 0.4) is 0 Å². The van der Waals surface area contributed by atoms with Gasteiger partial charge in [-0.25, -0.2) is 4.98 Å². The molecule has 158 valence electrons. The van der Waals surface area contributed by atoms with Crippen LogP contribution in [0.1, 0.15) is 26.6 Å². The summed E-state index contributed by atoms with van der Waals surface area (Å²) in [6.45, 7) is 2.82. The number of rotatable bonds is 9. The van der Waals surface area contributed by atoms with Crippen LogP contribution in [-0.4, -0.2) is 31.7 Å². The van der Waals surface area contributed by atoms with Gasteiger partial charge >= 0.3 is 0 Å². The zero-order valence-corrected chi connectivity index (χ0v) is 19.4. The number of methoxy groups -OCH3 is 2. The maximum Gasteiger partial charge on any atom is 0.251 e. The normalized spacial score (nSPS) is 10.5. The van der Waals surface area contributed by atoms with Gasteiger partial charge in [0.15, 0.2) is 11.5 Å². The molecule has 0 saturated carbocycles. The Morgan fingerprint density at radius 3 is 2.63 bits per heavy atom. The molecule has 0 bridgehead atoms. The number of hydrogen-bond acceptors (Lipinski definition) is 6. The summed E-state index contributed by atoms with van der Waals surface area (Å²) in [7, 11) is 3.20. The molecule has 0 saturated heterocycles. The van der Waals surface area contributed by atoms with E-state index in [-0.39, 0.29) is 5.91 Å². The van der Waals surface area contributed by atoms with Crippen molar-refractivity contribution in [2.45, 2.75) is 20.0 Å². The summed E-state index contributed by atoms with van der Waals surface area (Å²) in [5, 5.41) is 5.92. The van der Waals surface area contributed by atoms with E-state index in [2.05, 4.69) is 26.2 Å². The van der Waals surface area contributed by atoms with Crippen molar-refractivity contribution in [1.29, 1.82) is 0 Å². The van der Waals surface area contributed by atoms with Crippen molar-refractivity contribution in [3.63, 3.8) is 0 Å². The Bertz CT molecular complexity index is 1020. The summed E-state index contributed by atoms with van der Waals surface area (Å²) in [4.78, 5) is 16.9. The third kappa shape index (κ3) is 5.73. The monoisotopic (exact) mass is 490 g/mol. The first-order chi connectivity index (χ1) is 14.5. The maximum absolute atomic E-state index is 12.5. The molecule has 0 unspecified atom stereocenters. The summed E-state index contributed by atoms with van der Waals surface area (Å²) in [5.41, 5.74) is 2.45. The highest BCUT2D eigenvalue weighted by Crippen LogP contribution is 2.33. The van der Waals surface area contributed by atoms with E-state index in [4.69, 9.17) is 14.2 Å². The van der Waals surface area contributed by atoms with Crippen molar-refractivity contribution in [1.82, 2.24) is 10.3 Å². The molecule has 1 heterocycles. The number of nitrogens with one attached hydrogen (secondary N) is 1. The quantitative estimate of drug-likeness (QED) is 0.467. The van der Waals surface area contributed by atoms with Gasteiger partial charge in [0.25, 0.3) is 5.91 Å². The standard InChI is InChI=1S/C22H23BrN2O4S/c1-14-25-17(13-30-14)12-29-18-6-4-5-16(9-18)22(26)24-8-7-15-10-20(27-2)21(28-3)11-19(15)23/h4-6,9-11,13H,7-8,12H2,1-3H3,(H,24,26). The predicted molar refractivity (Wildman–Crippen MR) is 121 cm³/mol. The lowest BCUT2D eigenvalue weighted by molar-refractivity contribution is 0.0953. The number of carbonyl (C=O) groups is 1. The molecule has 1 aromatic heterocycles. The molecule has 0 spiro atoms. The fraction of sp³-hybridized carbons (Fsp3) is 0.273. The molecule has 0 aliphatic rings. The second kappa shape index (κ2) is 10.4. The number of ether oxygens (including phenoxy) is 3. The van der Waals surface area contributed by atoms with Gasteiger partial charge in [0, 0.05) is 22.0 Å². The molecule has 30 heavy (non-hydrogen) atoms. The van der Waals surface area contributed by atoms with Crippen LogP contribution in [0.5, 0.6) is 17.2 Å². The number of nitrogens with zero attached hydrogens (tertiary/aromatic N) is 1. The van der Waals surface area contributed by atoms with Gasteiger partial charge < -0.3 is 19.5 Å². The van der Waals surface area contributed by atoms with Gasteiger partial charge in [-0.2, -0.15) is 0 Å². The number of hydrogen-bond donors (Lipinski definition) is 1. The Hall–Kier alpha value is -2.58. The summed E-state index contributed by atoms with van der Waals surface area (Å²) in [6, 6.07) is 10.9.